The molecule has 0 saturated carbocycles. The van der Waals surface area contributed by atoms with Gasteiger partial charge in [-0.1, -0.05) is 23.4 Å². The standard InChI is InChI=1S/C18H16N4O2S/c1-3-22-14-7-5-4-6-12(14)9-15(22)18-19-13(10-25-18)17(23)20-16-8-11(2)24-21-16/h4-10H,3H2,1-2H3,(H,20,21,23). The zero-order valence-corrected chi connectivity index (χ0v) is 14.6. The summed E-state index contributed by atoms with van der Waals surface area (Å²) in [5, 5.41) is 10.2. The Labute approximate surface area is 148 Å². The van der Waals surface area contributed by atoms with Crippen LogP contribution in [-0.4, -0.2) is 20.6 Å². The monoisotopic (exact) mass is 352 g/mol. The van der Waals surface area contributed by atoms with E-state index < -0.39 is 0 Å². The molecule has 0 spiro atoms. The number of aromatic nitrogens is 3. The van der Waals surface area contributed by atoms with Crippen molar-refractivity contribution >= 4 is 34.0 Å². The van der Waals surface area contributed by atoms with Crippen LogP contribution >= 0.6 is 11.3 Å². The van der Waals surface area contributed by atoms with E-state index in [4.69, 9.17) is 4.52 Å². The van der Waals surface area contributed by atoms with Crippen LogP contribution in [0, 0.1) is 6.92 Å². The van der Waals surface area contributed by atoms with E-state index in [1.54, 1.807) is 18.4 Å². The SMILES string of the molecule is CCn1c(-c2nc(C(=O)Nc3cc(C)on3)cs2)cc2ccccc21. The summed E-state index contributed by atoms with van der Waals surface area (Å²) in [4.78, 5) is 16.9. The molecule has 0 aliphatic heterocycles. The van der Waals surface area contributed by atoms with E-state index in [0.717, 1.165) is 17.2 Å². The van der Waals surface area contributed by atoms with Gasteiger partial charge in [0.05, 0.1) is 5.69 Å². The van der Waals surface area contributed by atoms with Gasteiger partial charge in [0.1, 0.15) is 16.5 Å². The molecule has 0 fully saturated rings. The van der Waals surface area contributed by atoms with Gasteiger partial charge in [-0.3, -0.25) is 4.79 Å². The highest BCUT2D eigenvalue weighted by Gasteiger charge is 2.17. The van der Waals surface area contributed by atoms with Gasteiger partial charge in [-0.25, -0.2) is 4.98 Å². The van der Waals surface area contributed by atoms with Crippen LogP contribution in [0.5, 0.6) is 0 Å². The molecule has 0 radical (unpaired) electrons. The molecule has 3 aromatic heterocycles. The Morgan fingerprint density at radius 3 is 2.92 bits per heavy atom. The molecule has 126 valence electrons. The fourth-order valence-corrected chi connectivity index (χ4v) is 3.65. The second-order valence-corrected chi connectivity index (χ2v) is 6.51. The van der Waals surface area contributed by atoms with Gasteiger partial charge in [0.15, 0.2) is 5.82 Å². The highest BCUT2D eigenvalue weighted by Crippen LogP contribution is 2.30. The van der Waals surface area contributed by atoms with Crippen LogP contribution in [0.3, 0.4) is 0 Å². The Hall–Kier alpha value is -2.93. The third-order valence-corrected chi connectivity index (χ3v) is 4.82. The molecule has 0 saturated heterocycles. The first-order valence-corrected chi connectivity index (χ1v) is 8.82. The number of hydrogen-bond donors (Lipinski definition) is 1. The van der Waals surface area contributed by atoms with Gasteiger partial charge in [-0.2, -0.15) is 0 Å². The van der Waals surface area contributed by atoms with Crippen LogP contribution in [0.15, 0.2) is 46.3 Å². The van der Waals surface area contributed by atoms with Crippen molar-refractivity contribution in [3.63, 3.8) is 0 Å². The molecule has 0 unspecified atom stereocenters. The second-order valence-electron chi connectivity index (χ2n) is 5.65. The average Bonchev–Trinajstić information content (AvgIpc) is 3.32. The molecular weight excluding hydrogens is 336 g/mol. The first-order valence-electron chi connectivity index (χ1n) is 7.94. The van der Waals surface area contributed by atoms with Gasteiger partial charge in [-0.15, -0.1) is 11.3 Å². The summed E-state index contributed by atoms with van der Waals surface area (Å²) >= 11 is 1.45. The van der Waals surface area contributed by atoms with E-state index >= 15 is 0 Å². The molecule has 1 amide bonds. The summed E-state index contributed by atoms with van der Waals surface area (Å²) in [6.45, 7) is 4.71. The minimum Gasteiger partial charge on any atom is -0.360 e. The predicted octanol–water partition coefficient (Wildman–Crippen LogP) is 4.33. The number of rotatable bonds is 4. The summed E-state index contributed by atoms with van der Waals surface area (Å²) < 4.78 is 7.16. The van der Waals surface area contributed by atoms with E-state index in [-0.39, 0.29) is 5.91 Å². The number of carbonyl (C=O) groups is 1. The Morgan fingerprint density at radius 2 is 2.16 bits per heavy atom. The number of carbonyl (C=O) groups excluding carboxylic acids is 1. The number of thiazole rings is 1. The largest absolute Gasteiger partial charge is 0.360 e. The normalized spacial score (nSPS) is 11.1. The summed E-state index contributed by atoms with van der Waals surface area (Å²) in [7, 11) is 0. The molecule has 4 rings (SSSR count). The van der Waals surface area contributed by atoms with Crippen LogP contribution in [0.4, 0.5) is 5.82 Å². The number of para-hydroxylation sites is 1. The lowest BCUT2D eigenvalue weighted by Gasteiger charge is -2.05. The van der Waals surface area contributed by atoms with E-state index in [0.29, 0.717) is 17.3 Å². The number of hydrogen-bond acceptors (Lipinski definition) is 5. The fraction of sp³-hybridized carbons (Fsp3) is 0.167. The molecule has 1 N–H and O–H groups in total. The third kappa shape index (κ3) is 2.83. The maximum Gasteiger partial charge on any atom is 0.276 e. The molecule has 7 heteroatoms. The molecule has 25 heavy (non-hydrogen) atoms. The van der Waals surface area contributed by atoms with Crippen LogP contribution < -0.4 is 5.32 Å². The van der Waals surface area contributed by atoms with Crippen molar-refractivity contribution in [1.29, 1.82) is 0 Å². The molecule has 0 aliphatic rings. The maximum absolute atomic E-state index is 12.3. The predicted molar refractivity (Wildman–Crippen MR) is 97.9 cm³/mol. The molecule has 4 aromatic rings. The van der Waals surface area contributed by atoms with E-state index in [1.807, 2.05) is 12.1 Å². The maximum atomic E-state index is 12.3. The number of nitrogens with one attached hydrogen (secondary N) is 1. The van der Waals surface area contributed by atoms with Crippen molar-refractivity contribution < 1.29 is 9.32 Å². The van der Waals surface area contributed by atoms with Crippen molar-refractivity contribution in [2.45, 2.75) is 20.4 Å². The minimum absolute atomic E-state index is 0.296. The first kappa shape index (κ1) is 15.6. The molecular formula is C18H16N4O2S. The topological polar surface area (TPSA) is 73.0 Å². The third-order valence-electron chi connectivity index (χ3n) is 3.95. The quantitative estimate of drug-likeness (QED) is 0.593. The van der Waals surface area contributed by atoms with Gasteiger partial charge in [-0.05, 0) is 26.0 Å². The zero-order valence-electron chi connectivity index (χ0n) is 13.8. The van der Waals surface area contributed by atoms with Crippen molar-refractivity contribution in [2.75, 3.05) is 5.32 Å². The fourth-order valence-electron chi connectivity index (χ4n) is 2.83. The van der Waals surface area contributed by atoms with E-state index in [2.05, 4.69) is 45.1 Å². The Balaban J connectivity index is 1.66. The van der Waals surface area contributed by atoms with E-state index in [1.165, 1.54) is 22.2 Å². The van der Waals surface area contributed by atoms with Crippen molar-refractivity contribution in [3.05, 3.63) is 53.2 Å². The Kier molecular flexibility index (Phi) is 3.85. The van der Waals surface area contributed by atoms with Crippen LogP contribution in [0.1, 0.15) is 23.2 Å². The van der Waals surface area contributed by atoms with Gasteiger partial charge in [0, 0.05) is 28.9 Å². The summed E-state index contributed by atoms with van der Waals surface area (Å²) in [6, 6.07) is 12.0. The second kappa shape index (κ2) is 6.18. The van der Waals surface area contributed by atoms with Gasteiger partial charge in [0.2, 0.25) is 0 Å². The molecule has 0 aliphatic carbocycles. The summed E-state index contributed by atoms with van der Waals surface area (Å²) in [6.07, 6.45) is 0. The lowest BCUT2D eigenvalue weighted by molar-refractivity contribution is 0.102. The molecule has 3 heterocycles. The van der Waals surface area contributed by atoms with Crippen LogP contribution in [0.2, 0.25) is 0 Å². The number of nitrogens with zero attached hydrogens (tertiary/aromatic N) is 3. The number of benzene rings is 1. The minimum atomic E-state index is -0.296. The van der Waals surface area contributed by atoms with Crippen molar-refractivity contribution in [2.24, 2.45) is 0 Å². The lowest BCUT2D eigenvalue weighted by atomic mass is 10.2. The molecule has 0 atom stereocenters. The van der Waals surface area contributed by atoms with Crippen molar-refractivity contribution in [1.82, 2.24) is 14.7 Å². The highest BCUT2D eigenvalue weighted by atomic mass is 32.1. The smallest absolute Gasteiger partial charge is 0.276 e. The Bertz CT molecular complexity index is 1060. The van der Waals surface area contributed by atoms with Gasteiger partial charge in [0.25, 0.3) is 5.91 Å². The summed E-state index contributed by atoms with van der Waals surface area (Å²) in [5.74, 6) is 0.733. The van der Waals surface area contributed by atoms with E-state index in [9.17, 15) is 4.79 Å². The van der Waals surface area contributed by atoms with Crippen molar-refractivity contribution in [3.8, 4) is 10.7 Å². The van der Waals surface area contributed by atoms with Gasteiger partial charge >= 0.3 is 0 Å². The molecule has 1 aromatic carbocycles. The average molecular weight is 352 g/mol. The first-order chi connectivity index (χ1) is 12.2. The van der Waals surface area contributed by atoms with Gasteiger partial charge < -0.3 is 14.4 Å². The highest BCUT2D eigenvalue weighted by molar-refractivity contribution is 7.13. The summed E-state index contributed by atoms with van der Waals surface area (Å²) in [5.41, 5.74) is 2.55. The number of fused-ring (bicyclic) bond motifs is 1. The zero-order chi connectivity index (χ0) is 17.4. The molecule has 0 bridgehead atoms. The van der Waals surface area contributed by atoms with Crippen LogP contribution in [-0.2, 0) is 6.54 Å². The lowest BCUT2D eigenvalue weighted by Crippen LogP contribution is -2.12. The Morgan fingerprint density at radius 1 is 1.32 bits per heavy atom. The number of aryl methyl sites for hydroxylation is 2. The molecule has 6 nitrogen and oxygen atoms in total. The van der Waals surface area contributed by atoms with Crippen LogP contribution in [0.25, 0.3) is 21.6 Å². The number of anilines is 1. The number of amides is 1.